The molecule has 0 bridgehead atoms. The Balaban J connectivity index is 1.78. The molecule has 1 aliphatic rings. The summed E-state index contributed by atoms with van der Waals surface area (Å²) in [7, 11) is 0. The molecule has 1 atom stereocenters. The molecule has 0 aliphatic carbocycles. The molecule has 78 valence electrons. The van der Waals surface area contributed by atoms with E-state index in [4.69, 9.17) is 14.6 Å². The van der Waals surface area contributed by atoms with Crippen LogP contribution < -0.4 is 5.32 Å². The van der Waals surface area contributed by atoms with Crippen LogP contribution in [0.15, 0.2) is 0 Å². The molecule has 1 rings (SSSR count). The first-order chi connectivity index (χ1) is 6.43. The summed E-state index contributed by atoms with van der Waals surface area (Å²) in [6.45, 7) is 3.86. The summed E-state index contributed by atoms with van der Waals surface area (Å²) in [5.41, 5.74) is 0. The van der Waals surface area contributed by atoms with E-state index >= 15 is 0 Å². The fourth-order valence-corrected chi connectivity index (χ4v) is 1.38. The van der Waals surface area contributed by atoms with E-state index in [1.54, 1.807) is 0 Å². The van der Waals surface area contributed by atoms with Crippen molar-refractivity contribution in [3.8, 4) is 0 Å². The largest absolute Gasteiger partial charge is 0.394 e. The van der Waals surface area contributed by atoms with Gasteiger partial charge in [0.25, 0.3) is 0 Å². The summed E-state index contributed by atoms with van der Waals surface area (Å²) in [5, 5.41) is 11.7. The van der Waals surface area contributed by atoms with Gasteiger partial charge in [0, 0.05) is 19.7 Å². The van der Waals surface area contributed by atoms with Crippen molar-refractivity contribution in [1.29, 1.82) is 0 Å². The second-order valence-corrected chi connectivity index (χ2v) is 3.18. The predicted molar refractivity (Wildman–Crippen MR) is 49.7 cm³/mol. The van der Waals surface area contributed by atoms with Crippen molar-refractivity contribution < 1.29 is 14.6 Å². The van der Waals surface area contributed by atoms with Crippen LogP contribution in [-0.2, 0) is 9.47 Å². The lowest BCUT2D eigenvalue weighted by atomic mass is 10.2. The normalized spacial score (nSPS) is 22.4. The van der Waals surface area contributed by atoms with Crippen molar-refractivity contribution in [2.45, 2.75) is 18.9 Å². The Morgan fingerprint density at radius 2 is 2.38 bits per heavy atom. The number of aliphatic hydroxyl groups excluding tert-OH is 1. The molecule has 2 N–H and O–H groups in total. The van der Waals surface area contributed by atoms with E-state index in [1.807, 2.05) is 0 Å². The van der Waals surface area contributed by atoms with Gasteiger partial charge in [0.15, 0.2) is 0 Å². The zero-order chi connectivity index (χ0) is 9.36. The van der Waals surface area contributed by atoms with E-state index < -0.39 is 0 Å². The van der Waals surface area contributed by atoms with Crippen LogP contribution in [0.3, 0.4) is 0 Å². The van der Waals surface area contributed by atoms with Crippen molar-refractivity contribution in [2.75, 3.05) is 39.5 Å². The number of hydrogen-bond acceptors (Lipinski definition) is 4. The molecule has 0 aromatic heterocycles. The Kier molecular flexibility index (Phi) is 6.10. The number of hydrogen-bond donors (Lipinski definition) is 2. The second-order valence-electron chi connectivity index (χ2n) is 3.18. The molecule has 1 aliphatic heterocycles. The molecule has 13 heavy (non-hydrogen) atoms. The first-order valence-electron chi connectivity index (χ1n) is 4.94. The summed E-state index contributed by atoms with van der Waals surface area (Å²) in [6, 6.07) is 0. The zero-order valence-electron chi connectivity index (χ0n) is 8.00. The zero-order valence-corrected chi connectivity index (χ0v) is 8.00. The summed E-state index contributed by atoms with van der Waals surface area (Å²) in [6.07, 6.45) is 2.76. The topological polar surface area (TPSA) is 50.7 Å². The molecule has 1 fully saturated rings. The van der Waals surface area contributed by atoms with Crippen molar-refractivity contribution in [3.63, 3.8) is 0 Å². The van der Waals surface area contributed by atoms with Gasteiger partial charge < -0.3 is 19.9 Å². The number of nitrogens with one attached hydrogen (secondary N) is 1. The Hall–Kier alpha value is -0.160. The minimum absolute atomic E-state index is 0.103. The Morgan fingerprint density at radius 3 is 3.08 bits per heavy atom. The van der Waals surface area contributed by atoms with Crippen LogP contribution in [0.2, 0.25) is 0 Å². The van der Waals surface area contributed by atoms with E-state index in [1.165, 1.54) is 12.8 Å². The van der Waals surface area contributed by atoms with E-state index in [-0.39, 0.29) is 6.61 Å². The quantitative estimate of drug-likeness (QED) is 0.543. The molecule has 1 unspecified atom stereocenters. The number of rotatable bonds is 7. The SMILES string of the molecule is OCCOCCNCC1CCCO1. The van der Waals surface area contributed by atoms with Crippen LogP contribution in [0.5, 0.6) is 0 Å². The fourth-order valence-electron chi connectivity index (χ4n) is 1.38. The van der Waals surface area contributed by atoms with Gasteiger partial charge in [-0.15, -0.1) is 0 Å². The third kappa shape index (κ3) is 5.21. The van der Waals surface area contributed by atoms with Gasteiger partial charge in [0.2, 0.25) is 0 Å². The molecular weight excluding hydrogens is 170 g/mol. The molecule has 0 aromatic carbocycles. The van der Waals surface area contributed by atoms with E-state index in [0.717, 1.165) is 19.7 Å². The van der Waals surface area contributed by atoms with Crippen molar-refractivity contribution >= 4 is 0 Å². The summed E-state index contributed by atoms with van der Waals surface area (Å²) in [4.78, 5) is 0. The van der Waals surface area contributed by atoms with Gasteiger partial charge in [-0.05, 0) is 12.8 Å². The van der Waals surface area contributed by atoms with E-state index in [2.05, 4.69) is 5.32 Å². The van der Waals surface area contributed by atoms with Gasteiger partial charge in [0.05, 0.1) is 25.9 Å². The van der Waals surface area contributed by atoms with Gasteiger partial charge in [0.1, 0.15) is 0 Å². The number of ether oxygens (including phenoxy) is 2. The molecular formula is C9H19NO3. The number of aliphatic hydroxyl groups is 1. The van der Waals surface area contributed by atoms with E-state index in [0.29, 0.717) is 19.3 Å². The molecule has 1 saturated heterocycles. The lowest BCUT2D eigenvalue weighted by Crippen LogP contribution is -2.29. The highest BCUT2D eigenvalue weighted by Crippen LogP contribution is 2.10. The van der Waals surface area contributed by atoms with Crippen molar-refractivity contribution in [1.82, 2.24) is 5.32 Å². The highest BCUT2D eigenvalue weighted by Gasteiger charge is 2.13. The first-order valence-corrected chi connectivity index (χ1v) is 4.94. The van der Waals surface area contributed by atoms with Gasteiger partial charge in [-0.3, -0.25) is 0 Å². The molecule has 1 heterocycles. The van der Waals surface area contributed by atoms with Gasteiger partial charge in [-0.1, -0.05) is 0 Å². The maximum absolute atomic E-state index is 8.43. The predicted octanol–water partition coefficient (Wildman–Crippen LogP) is -0.236. The van der Waals surface area contributed by atoms with Crippen LogP contribution in [0, 0.1) is 0 Å². The van der Waals surface area contributed by atoms with Crippen LogP contribution in [0.1, 0.15) is 12.8 Å². The third-order valence-corrected chi connectivity index (χ3v) is 2.05. The fraction of sp³-hybridized carbons (Fsp3) is 1.00. The molecule has 0 saturated carbocycles. The highest BCUT2D eigenvalue weighted by atomic mass is 16.5. The Labute approximate surface area is 79.2 Å². The monoisotopic (exact) mass is 189 g/mol. The molecule has 0 spiro atoms. The third-order valence-electron chi connectivity index (χ3n) is 2.05. The highest BCUT2D eigenvalue weighted by molar-refractivity contribution is 4.66. The summed E-state index contributed by atoms with van der Waals surface area (Å²) < 4.78 is 10.5. The lowest BCUT2D eigenvalue weighted by molar-refractivity contribution is 0.0857. The Morgan fingerprint density at radius 1 is 1.46 bits per heavy atom. The van der Waals surface area contributed by atoms with Gasteiger partial charge in [-0.2, -0.15) is 0 Å². The summed E-state index contributed by atoms with van der Waals surface area (Å²) in [5.74, 6) is 0. The van der Waals surface area contributed by atoms with Crippen molar-refractivity contribution in [3.05, 3.63) is 0 Å². The van der Waals surface area contributed by atoms with Crippen LogP contribution in [-0.4, -0.2) is 50.7 Å². The lowest BCUT2D eigenvalue weighted by Gasteiger charge is -2.10. The molecule has 4 heteroatoms. The standard InChI is InChI=1S/C9H19NO3/c11-4-7-12-6-3-10-8-9-2-1-5-13-9/h9-11H,1-8H2. The molecule has 0 aromatic rings. The van der Waals surface area contributed by atoms with Crippen LogP contribution in [0.4, 0.5) is 0 Å². The molecule has 4 nitrogen and oxygen atoms in total. The smallest absolute Gasteiger partial charge is 0.0700 e. The Bertz CT molecular complexity index is 115. The molecule has 0 amide bonds. The van der Waals surface area contributed by atoms with Gasteiger partial charge >= 0.3 is 0 Å². The van der Waals surface area contributed by atoms with Crippen LogP contribution >= 0.6 is 0 Å². The van der Waals surface area contributed by atoms with Crippen LogP contribution in [0.25, 0.3) is 0 Å². The average molecular weight is 189 g/mol. The second kappa shape index (κ2) is 7.26. The van der Waals surface area contributed by atoms with E-state index in [9.17, 15) is 0 Å². The van der Waals surface area contributed by atoms with Crippen molar-refractivity contribution in [2.24, 2.45) is 0 Å². The summed E-state index contributed by atoms with van der Waals surface area (Å²) >= 11 is 0. The maximum Gasteiger partial charge on any atom is 0.0700 e. The average Bonchev–Trinajstić information content (AvgIpc) is 2.63. The molecule has 0 radical (unpaired) electrons. The minimum Gasteiger partial charge on any atom is -0.394 e. The van der Waals surface area contributed by atoms with Gasteiger partial charge in [-0.25, -0.2) is 0 Å². The minimum atomic E-state index is 0.103. The first kappa shape index (κ1) is 10.9. The maximum atomic E-state index is 8.43.